The Morgan fingerprint density at radius 2 is 2.14 bits per heavy atom. The van der Waals surface area contributed by atoms with Crippen molar-refractivity contribution in [2.75, 3.05) is 19.5 Å². The van der Waals surface area contributed by atoms with Crippen LogP contribution >= 0.6 is 11.8 Å². The van der Waals surface area contributed by atoms with Crippen LogP contribution in [0.3, 0.4) is 0 Å². The van der Waals surface area contributed by atoms with E-state index in [2.05, 4.69) is 15.5 Å². The van der Waals surface area contributed by atoms with Crippen LogP contribution in [-0.2, 0) is 9.53 Å². The van der Waals surface area contributed by atoms with Crippen molar-refractivity contribution in [3.8, 4) is 11.5 Å². The zero-order chi connectivity index (χ0) is 15.1. The van der Waals surface area contributed by atoms with Gasteiger partial charge in [0.2, 0.25) is 11.8 Å². The number of nitrogens with one attached hydrogen (secondary N) is 1. The molecule has 0 radical (unpaired) electrons. The molecule has 0 saturated carbocycles. The molecule has 21 heavy (non-hydrogen) atoms. The third-order valence-electron chi connectivity index (χ3n) is 2.58. The van der Waals surface area contributed by atoms with Gasteiger partial charge < -0.3 is 14.5 Å². The summed E-state index contributed by atoms with van der Waals surface area (Å²) in [6.45, 7) is 2.36. The molecule has 0 aliphatic heterocycles. The van der Waals surface area contributed by atoms with Gasteiger partial charge >= 0.3 is 0 Å². The van der Waals surface area contributed by atoms with Crippen molar-refractivity contribution < 1.29 is 13.9 Å². The molecule has 0 aliphatic rings. The van der Waals surface area contributed by atoms with Crippen LogP contribution in [0.4, 0.5) is 0 Å². The minimum Gasteiger partial charge on any atom is -0.411 e. The normalized spacial score (nSPS) is 12.1. The minimum atomic E-state index is -0.0935. The largest absolute Gasteiger partial charge is 0.411 e. The SMILES string of the molecule is COC[C@@H](C)NC(=O)CSc1nnc(-c2ccccc2)o1. The Bertz CT molecular complexity index is 574. The predicted molar refractivity (Wildman–Crippen MR) is 79.9 cm³/mol. The van der Waals surface area contributed by atoms with Gasteiger partial charge in [-0.25, -0.2) is 0 Å². The van der Waals surface area contributed by atoms with E-state index < -0.39 is 0 Å². The standard InChI is InChI=1S/C14H17N3O3S/c1-10(8-19-2)15-12(18)9-21-14-17-16-13(20-14)11-6-4-3-5-7-11/h3-7,10H,8-9H2,1-2H3,(H,15,18)/t10-/m1/s1. The highest BCUT2D eigenvalue weighted by molar-refractivity contribution is 7.99. The van der Waals surface area contributed by atoms with Gasteiger partial charge in [0.1, 0.15) is 0 Å². The second-order valence-corrected chi connectivity index (χ2v) is 5.38. The third kappa shape index (κ3) is 4.87. The fourth-order valence-electron chi connectivity index (χ4n) is 1.70. The van der Waals surface area contributed by atoms with Gasteiger partial charge in [0, 0.05) is 18.7 Å². The van der Waals surface area contributed by atoms with Crippen molar-refractivity contribution in [3.63, 3.8) is 0 Å². The average Bonchev–Trinajstić information content (AvgIpc) is 2.95. The molecule has 7 heteroatoms. The summed E-state index contributed by atoms with van der Waals surface area (Å²) in [6, 6.07) is 9.47. The lowest BCUT2D eigenvalue weighted by atomic mass is 10.2. The molecule has 1 heterocycles. The molecule has 0 spiro atoms. The van der Waals surface area contributed by atoms with Crippen LogP contribution in [0.5, 0.6) is 0 Å². The molecule has 1 amide bonds. The van der Waals surface area contributed by atoms with Gasteiger partial charge in [-0.1, -0.05) is 30.0 Å². The Morgan fingerprint density at radius 3 is 2.86 bits per heavy atom. The molecule has 2 rings (SSSR count). The number of aromatic nitrogens is 2. The Balaban J connectivity index is 1.84. The van der Waals surface area contributed by atoms with Crippen LogP contribution in [0.25, 0.3) is 11.5 Å². The number of methoxy groups -OCH3 is 1. The maximum absolute atomic E-state index is 11.7. The first kappa shape index (κ1) is 15.5. The van der Waals surface area contributed by atoms with Crippen molar-refractivity contribution in [2.24, 2.45) is 0 Å². The molecule has 0 saturated heterocycles. The molecule has 6 nitrogen and oxygen atoms in total. The summed E-state index contributed by atoms with van der Waals surface area (Å²) in [7, 11) is 1.60. The van der Waals surface area contributed by atoms with Gasteiger partial charge in [0.05, 0.1) is 12.4 Å². The van der Waals surface area contributed by atoms with Crippen molar-refractivity contribution in [2.45, 2.75) is 18.2 Å². The van der Waals surface area contributed by atoms with Gasteiger partial charge in [-0.15, -0.1) is 10.2 Å². The van der Waals surface area contributed by atoms with E-state index in [1.807, 2.05) is 37.3 Å². The number of carbonyl (C=O) groups is 1. The van der Waals surface area contributed by atoms with E-state index in [-0.39, 0.29) is 17.7 Å². The van der Waals surface area contributed by atoms with Gasteiger partial charge in [0.15, 0.2) is 0 Å². The molecule has 1 N–H and O–H groups in total. The van der Waals surface area contributed by atoms with Crippen LogP contribution in [0.2, 0.25) is 0 Å². The number of amides is 1. The van der Waals surface area contributed by atoms with E-state index >= 15 is 0 Å². The molecule has 0 aliphatic carbocycles. The number of rotatable bonds is 7. The molecule has 0 fully saturated rings. The molecular weight excluding hydrogens is 290 g/mol. The zero-order valence-electron chi connectivity index (χ0n) is 11.9. The number of ether oxygens (including phenoxy) is 1. The van der Waals surface area contributed by atoms with E-state index in [0.717, 1.165) is 5.56 Å². The number of hydrogen-bond acceptors (Lipinski definition) is 6. The number of nitrogens with zero attached hydrogens (tertiary/aromatic N) is 2. The lowest BCUT2D eigenvalue weighted by molar-refractivity contribution is -0.119. The van der Waals surface area contributed by atoms with Gasteiger partial charge in [0.25, 0.3) is 5.22 Å². The quantitative estimate of drug-likeness (QED) is 0.788. The molecule has 1 atom stereocenters. The zero-order valence-corrected chi connectivity index (χ0v) is 12.7. The molecule has 0 bridgehead atoms. The highest BCUT2D eigenvalue weighted by Gasteiger charge is 2.12. The van der Waals surface area contributed by atoms with Crippen LogP contribution in [0, 0.1) is 0 Å². The summed E-state index contributed by atoms with van der Waals surface area (Å²) in [6.07, 6.45) is 0. The van der Waals surface area contributed by atoms with E-state index in [4.69, 9.17) is 9.15 Å². The topological polar surface area (TPSA) is 77.2 Å². The van der Waals surface area contributed by atoms with Crippen molar-refractivity contribution in [1.29, 1.82) is 0 Å². The van der Waals surface area contributed by atoms with E-state index in [0.29, 0.717) is 17.7 Å². The average molecular weight is 307 g/mol. The Hall–Kier alpha value is -1.86. The highest BCUT2D eigenvalue weighted by Crippen LogP contribution is 2.22. The van der Waals surface area contributed by atoms with Crippen LogP contribution in [0.1, 0.15) is 6.92 Å². The molecule has 1 aromatic carbocycles. The Labute approximate surface area is 127 Å². The summed E-state index contributed by atoms with van der Waals surface area (Å²) in [5.74, 6) is 0.583. The summed E-state index contributed by atoms with van der Waals surface area (Å²) in [4.78, 5) is 11.7. The smallest absolute Gasteiger partial charge is 0.277 e. The first-order chi connectivity index (χ1) is 10.2. The maximum Gasteiger partial charge on any atom is 0.277 e. The van der Waals surface area contributed by atoms with Crippen molar-refractivity contribution in [3.05, 3.63) is 30.3 Å². The third-order valence-corrected chi connectivity index (χ3v) is 3.40. The molecule has 0 unspecified atom stereocenters. The number of hydrogen-bond donors (Lipinski definition) is 1. The molecule has 1 aromatic heterocycles. The summed E-state index contributed by atoms with van der Waals surface area (Å²) >= 11 is 1.21. The summed E-state index contributed by atoms with van der Waals surface area (Å²) < 4.78 is 10.5. The second-order valence-electron chi connectivity index (χ2n) is 4.45. The molecular formula is C14H17N3O3S. The second kappa shape index (κ2) is 7.80. The summed E-state index contributed by atoms with van der Waals surface area (Å²) in [5, 5.41) is 11.1. The van der Waals surface area contributed by atoms with Crippen LogP contribution < -0.4 is 5.32 Å². The fourth-order valence-corrected chi connectivity index (χ4v) is 2.28. The number of carbonyl (C=O) groups excluding carboxylic acids is 1. The minimum absolute atomic E-state index is 0.0225. The monoisotopic (exact) mass is 307 g/mol. The maximum atomic E-state index is 11.7. The van der Waals surface area contributed by atoms with Crippen molar-refractivity contribution >= 4 is 17.7 Å². The Kier molecular flexibility index (Phi) is 5.77. The predicted octanol–water partition coefficient (Wildman–Crippen LogP) is 1.98. The fraction of sp³-hybridized carbons (Fsp3) is 0.357. The Morgan fingerprint density at radius 1 is 1.38 bits per heavy atom. The van der Waals surface area contributed by atoms with Crippen molar-refractivity contribution in [1.82, 2.24) is 15.5 Å². The van der Waals surface area contributed by atoms with Gasteiger partial charge in [-0.05, 0) is 19.1 Å². The number of thioether (sulfide) groups is 1. The first-order valence-corrected chi connectivity index (χ1v) is 7.47. The van der Waals surface area contributed by atoms with E-state index in [9.17, 15) is 4.79 Å². The molecule has 2 aromatic rings. The van der Waals surface area contributed by atoms with Gasteiger partial charge in [-0.2, -0.15) is 0 Å². The highest BCUT2D eigenvalue weighted by atomic mass is 32.2. The summed E-state index contributed by atoms with van der Waals surface area (Å²) in [5.41, 5.74) is 0.856. The lowest BCUT2D eigenvalue weighted by Gasteiger charge is -2.11. The molecule has 112 valence electrons. The van der Waals surface area contributed by atoms with E-state index in [1.165, 1.54) is 11.8 Å². The lowest BCUT2D eigenvalue weighted by Crippen LogP contribution is -2.36. The first-order valence-electron chi connectivity index (χ1n) is 6.49. The van der Waals surface area contributed by atoms with Crippen LogP contribution in [-0.4, -0.2) is 41.6 Å². The van der Waals surface area contributed by atoms with E-state index in [1.54, 1.807) is 7.11 Å². The number of benzene rings is 1. The van der Waals surface area contributed by atoms with Gasteiger partial charge in [-0.3, -0.25) is 4.79 Å². The van der Waals surface area contributed by atoms with Crippen LogP contribution in [0.15, 0.2) is 40.0 Å².